The van der Waals surface area contributed by atoms with E-state index in [0.29, 0.717) is 13.2 Å². The number of anilines is 1. The Balaban J connectivity index is 2.54. The molecular weight excluding hydrogens is 240 g/mol. The van der Waals surface area contributed by atoms with E-state index < -0.39 is 0 Å². The van der Waals surface area contributed by atoms with E-state index in [9.17, 15) is 0 Å². The van der Waals surface area contributed by atoms with Crippen LogP contribution in [0.25, 0.3) is 10.9 Å². The first-order chi connectivity index (χ1) is 9.30. The molecule has 1 N–H and O–H groups in total. The standard InChI is InChI=1S/C15H20N2O2/c1-4-8-19-14-7-5-6-12-13(16-2)9-11(10-18-3)17-15(12)14/h5-7,9H,4,8,10H2,1-3H3,(H,16,17). The minimum atomic E-state index is 0.493. The van der Waals surface area contributed by atoms with Crippen molar-refractivity contribution in [1.82, 2.24) is 4.98 Å². The molecule has 0 bridgehead atoms. The van der Waals surface area contributed by atoms with Crippen molar-refractivity contribution in [3.05, 3.63) is 30.0 Å². The van der Waals surface area contributed by atoms with Gasteiger partial charge in [-0.15, -0.1) is 0 Å². The van der Waals surface area contributed by atoms with E-state index in [1.54, 1.807) is 7.11 Å². The third-order valence-electron chi connectivity index (χ3n) is 2.88. The summed E-state index contributed by atoms with van der Waals surface area (Å²) >= 11 is 0. The van der Waals surface area contributed by atoms with Crippen LogP contribution in [0, 0.1) is 0 Å². The lowest BCUT2D eigenvalue weighted by Crippen LogP contribution is -2.01. The Bertz CT molecular complexity index is 555. The first-order valence-corrected chi connectivity index (χ1v) is 6.52. The van der Waals surface area contributed by atoms with Crippen LogP contribution < -0.4 is 10.1 Å². The number of ether oxygens (including phenoxy) is 2. The van der Waals surface area contributed by atoms with Gasteiger partial charge in [-0.3, -0.25) is 0 Å². The molecule has 0 atom stereocenters. The maximum Gasteiger partial charge on any atom is 0.145 e. The summed E-state index contributed by atoms with van der Waals surface area (Å²) in [6.45, 7) is 3.28. The molecular formula is C15H20N2O2. The van der Waals surface area contributed by atoms with Gasteiger partial charge in [0.1, 0.15) is 11.3 Å². The van der Waals surface area contributed by atoms with Crippen LogP contribution >= 0.6 is 0 Å². The molecule has 0 fully saturated rings. The van der Waals surface area contributed by atoms with Crippen molar-refractivity contribution < 1.29 is 9.47 Å². The van der Waals surface area contributed by atoms with E-state index >= 15 is 0 Å². The molecule has 0 aliphatic rings. The molecule has 0 saturated carbocycles. The average Bonchev–Trinajstić information content (AvgIpc) is 2.44. The summed E-state index contributed by atoms with van der Waals surface area (Å²) in [5, 5.41) is 4.27. The van der Waals surface area contributed by atoms with E-state index in [-0.39, 0.29) is 0 Å². The molecule has 1 heterocycles. The van der Waals surface area contributed by atoms with Gasteiger partial charge >= 0.3 is 0 Å². The SMILES string of the molecule is CCCOc1cccc2c(NC)cc(COC)nc12. The Kier molecular flexibility index (Phi) is 4.58. The highest BCUT2D eigenvalue weighted by molar-refractivity contribution is 5.95. The number of fused-ring (bicyclic) bond motifs is 1. The molecule has 19 heavy (non-hydrogen) atoms. The average molecular weight is 260 g/mol. The van der Waals surface area contributed by atoms with Gasteiger partial charge in [0.05, 0.1) is 18.9 Å². The number of benzene rings is 1. The number of nitrogens with zero attached hydrogens (tertiary/aromatic N) is 1. The zero-order valence-electron chi connectivity index (χ0n) is 11.7. The van der Waals surface area contributed by atoms with E-state index in [1.807, 2.05) is 31.3 Å². The van der Waals surface area contributed by atoms with Gasteiger partial charge in [0.15, 0.2) is 0 Å². The Morgan fingerprint density at radius 1 is 1.32 bits per heavy atom. The highest BCUT2D eigenvalue weighted by Gasteiger charge is 2.09. The van der Waals surface area contributed by atoms with Crippen LogP contribution in [0.3, 0.4) is 0 Å². The van der Waals surface area contributed by atoms with Gasteiger partial charge in [0.25, 0.3) is 0 Å². The van der Waals surface area contributed by atoms with Crippen molar-refractivity contribution in [3.63, 3.8) is 0 Å². The van der Waals surface area contributed by atoms with Crippen LogP contribution in [-0.2, 0) is 11.3 Å². The maximum absolute atomic E-state index is 5.77. The van der Waals surface area contributed by atoms with Crippen LogP contribution in [0.4, 0.5) is 5.69 Å². The van der Waals surface area contributed by atoms with Gasteiger partial charge in [-0.1, -0.05) is 19.1 Å². The van der Waals surface area contributed by atoms with Crippen LogP contribution in [0.15, 0.2) is 24.3 Å². The van der Waals surface area contributed by atoms with Crippen molar-refractivity contribution in [2.45, 2.75) is 20.0 Å². The smallest absolute Gasteiger partial charge is 0.145 e. The fourth-order valence-corrected chi connectivity index (χ4v) is 2.03. The summed E-state index contributed by atoms with van der Waals surface area (Å²) in [5.41, 5.74) is 2.82. The molecule has 2 aromatic rings. The Morgan fingerprint density at radius 2 is 2.16 bits per heavy atom. The number of pyridine rings is 1. The van der Waals surface area contributed by atoms with Crippen LogP contribution in [0.1, 0.15) is 19.0 Å². The molecule has 4 heteroatoms. The Hall–Kier alpha value is -1.81. The highest BCUT2D eigenvalue weighted by atomic mass is 16.5. The van der Waals surface area contributed by atoms with E-state index in [4.69, 9.17) is 9.47 Å². The number of methoxy groups -OCH3 is 1. The zero-order chi connectivity index (χ0) is 13.7. The zero-order valence-corrected chi connectivity index (χ0v) is 11.7. The number of para-hydroxylation sites is 1. The van der Waals surface area contributed by atoms with Crippen molar-refractivity contribution in [2.75, 3.05) is 26.1 Å². The lowest BCUT2D eigenvalue weighted by molar-refractivity contribution is 0.182. The normalized spacial score (nSPS) is 10.7. The van der Waals surface area contributed by atoms with Crippen LogP contribution in [0.2, 0.25) is 0 Å². The summed E-state index contributed by atoms with van der Waals surface area (Å²) in [7, 11) is 3.58. The topological polar surface area (TPSA) is 43.4 Å². The summed E-state index contributed by atoms with van der Waals surface area (Å²) < 4.78 is 10.9. The largest absolute Gasteiger partial charge is 0.491 e. The van der Waals surface area contributed by atoms with Crippen LogP contribution in [0.5, 0.6) is 5.75 Å². The van der Waals surface area contributed by atoms with Crippen LogP contribution in [-0.4, -0.2) is 25.7 Å². The quantitative estimate of drug-likeness (QED) is 0.866. The first kappa shape index (κ1) is 13.6. The highest BCUT2D eigenvalue weighted by Crippen LogP contribution is 2.30. The molecule has 0 spiro atoms. The fraction of sp³-hybridized carbons (Fsp3) is 0.400. The van der Waals surface area contributed by atoms with Crippen molar-refractivity contribution in [2.24, 2.45) is 0 Å². The third-order valence-corrected chi connectivity index (χ3v) is 2.88. The predicted molar refractivity (Wildman–Crippen MR) is 77.8 cm³/mol. The second kappa shape index (κ2) is 6.38. The van der Waals surface area contributed by atoms with Crippen molar-refractivity contribution in [3.8, 4) is 5.75 Å². The van der Waals surface area contributed by atoms with Crippen molar-refractivity contribution >= 4 is 16.6 Å². The number of rotatable bonds is 6. The van der Waals surface area contributed by atoms with Gasteiger partial charge in [0, 0.05) is 25.2 Å². The van der Waals surface area contributed by atoms with Gasteiger partial charge in [-0.05, 0) is 18.6 Å². The predicted octanol–water partition coefficient (Wildman–Crippen LogP) is 3.21. The lowest BCUT2D eigenvalue weighted by Gasteiger charge is -2.12. The molecule has 0 radical (unpaired) electrons. The van der Waals surface area contributed by atoms with E-state index in [1.165, 1.54) is 0 Å². The van der Waals surface area contributed by atoms with E-state index in [0.717, 1.165) is 34.5 Å². The molecule has 2 rings (SSSR count). The number of hydrogen-bond acceptors (Lipinski definition) is 4. The number of nitrogens with one attached hydrogen (secondary N) is 1. The third kappa shape index (κ3) is 2.96. The minimum Gasteiger partial charge on any atom is -0.491 e. The molecule has 1 aromatic heterocycles. The Labute approximate surface area is 113 Å². The summed E-state index contributed by atoms with van der Waals surface area (Å²) in [5.74, 6) is 0.828. The number of aromatic nitrogens is 1. The van der Waals surface area contributed by atoms with E-state index in [2.05, 4.69) is 17.2 Å². The molecule has 0 unspecified atom stereocenters. The van der Waals surface area contributed by atoms with Gasteiger partial charge in [-0.25, -0.2) is 4.98 Å². The minimum absolute atomic E-state index is 0.493. The first-order valence-electron chi connectivity index (χ1n) is 6.52. The molecule has 4 nitrogen and oxygen atoms in total. The monoisotopic (exact) mass is 260 g/mol. The van der Waals surface area contributed by atoms with Gasteiger partial charge in [0.2, 0.25) is 0 Å². The summed E-state index contributed by atoms with van der Waals surface area (Å²) in [4.78, 5) is 4.64. The lowest BCUT2D eigenvalue weighted by atomic mass is 10.1. The molecule has 0 aliphatic heterocycles. The fourth-order valence-electron chi connectivity index (χ4n) is 2.03. The summed E-state index contributed by atoms with van der Waals surface area (Å²) in [6, 6.07) is 8.01. The van der Waals surface area contributed by atoms with Gasteiger partial charge in [-0.2, -0.15) is 0 Å². The van der Waals surface area contributed by atoms with Crippen molar-refractivity contribution in [1.29, 1.82) is 0 Å². The molecule has 102 valence electrons. The summed E-state index contributed by atoms with van der Waals surface area (Å²) in [6.07, 6.45) is 0.979. The van der Waals surface area contributed by atoms with Gasteiger partial charge < -0.3 is 14.8 Å². The molecule has 1 aromatic carbocycles. The molecule has 0 aliphatic carbocycles. The maximum atomic E-state index is 5.77. The molecule has 0 saturated heterocycles. The molecule has 0 amide bonds. The Morgan fingerprint density at radius 3 is 2.84 bits per heavy atom. The second-order valence-electron chi connectivity index (χ2n) is 4.34. The second-order valence-corrected chi connectivity index (χ2v) is 4.34. The number of hydrogen-bond donors (Lipinski definition) is 1.